The smallest absolute Gasteiger partial charge is 0.259 e. The summed E-state index contributed by atoms with van der Waals surface area (Å²) in [6, 6.07) is 3.35. The van der Waals surface area contributed by atoms with Crippen molar-refractivity contribution < 1.29 is 9.59 Å². The summed E-state index contributed by atoms with van der Waals surface area (Å²) in [7, 11) is 0. The van der Waals surface area contributed by atoms with Crippen LogP contribution in [0.5, 0.6) is 0 Å². The minimum atomic E-state index is -0.559. The molecule has 1 aliphatic heterocycles. The number of amides is 2. The van der Waals surface area contributed by atoms with E-state index in [2.05, 4.69) is 4.98 Å². The molecule has 3 rings (SSSR count). The zero-order valence-corrected chi connectivity index (χ0v) is 14.1. The van der Waals surface area contributed by atoms with Crippen LogP contribution in [0.3, 0.4) is 0 Å². The predicted molar refractivity (Wildman–Crippen MR) is 93.2 cm³/mol. The summed E-state index contributed by atoms with van der Waals surface area (Å²) in [5.74, 6) is 0.850. The molecule has 0 unspecified atom stereocenters. The van der Waals surface area contributed by atoms with Crippen LogP contribution in [-0.4, -0.2) is 50.9 Å². The van der Waals surface area contributed by atoms with E-state index in [4.69, 9.17) is 5.73 Å². The molecule has 0 atom stereocenters. The fourth-order valence-corrected chi connectivity index (χ4v) is 3.64. The van der Waals surface area contributed by atoms with E-state index in [1.807, 2.05) is 0 Å². The fourth-order valence-electron chi connectivity index (χ4n) is 2.74. The lowest BCUT2D eigenvalue weighted by molar-refractivity contribution is -0.118. The lowest BCUT2D eigenvalue weighted by Crippen LogP contribution is -2.40. The van der Waals surface area contributed by atoms with Crippen molar-refractivity contribution in [2.75, 3.05) is 24.6 Å². The van der Waals surface area contributed by atoms with Gasteiger partial charge in [0, 0.05) is 36.5 Å². The van der Waals surface area contributed by atoms with Gasteiger partial charge in [0.15, 0.2) is 0 Å². The Labute approximate surface area is 142 Å². The number of fused-ring (bicyclic) bond motifs is 1. The predicted octanol–water partition coefficient (Wildman–Crippen LogP) is 0.379. The molecule has 1 saturated heterocycles. The van der Waals surface area contributed by atoms with Gasteiger partial charge in [0.1, 0.15) is 17.8 Å². The molecule has 0 aromatic carbocycles. The van der Waals surface area contributed by atoms with E-state index in [-0.39, 0.29) is 23.4 Å². The highest BCUT2D eigenvalue weighted by molar-refractivity contribution is 7.99. The van der Waals surface area contributed by atoms with E-state index < -0.39 is 5.91 Å². The number of thioether (sulfide) groups is 1. The number of aryl methyl sites for hydroxylation is 1. The van der Waals surface area contributed by atoms with Gasteiger partial charge in [-0.2, -0.15) is 11.8 Å². The lowest BCUT2D eigenvalue weighted by atomic mass is 10.1. The average molecular weight is 346 g/mol. The molecular weight excluding hydrogens is 328 g/mol. The van der Waals surface area contributed by atoms with E-state index in [1.54, 1.807) is 35.7 Å². The Morgan fingerprint density at radius 2 is 2.00 bits per heavy atom. The number of nitrogens with zero attached hydrogens (tertiary/aromatic N) is 3. The van der Waals surface area contributed by atoms with Gasteiger partial charge in [0.2, 0.25) is 11.3 Å². The first-order chi connectivity index (χ1) is 11.5. The topological polar surface area (TPSA) is 98.3 Å². The molecule has 2 amide bonds. The highest BCUT2D eigenvalue weighted by Gasteiger charge is 2.23. The Balaban J connectivity index is 2.15. The molecule has 8 heteroatoms. The second kappa shape index (κ2) is 6.64. The lowest BCUT2D eigenvalue weighted by Gasteiger charge is -2.26. The number of carbonyl (C=O) groups is 2. The number of hydrogen-bond acceptors (Lipinski definition) is 5. The summed E-state index contributed by atoms with van der Waals surface area (Å²) in [5, 5.41) is 0.319. The number of primary amides is 1. The fraction of sp³-hybridized carbons (Fsp3) is 0.375. The van der Waals surface area contributed by atoms with E-state index in [0.29, 0.717) is 29.8 Å². The zero-order chi connectivity index (χ0) is 17.3. The maximum atomic E-state index is 12.7. The molecule has 2 aromatic heterocycles. The van der Waals surface area contributed by atoms with Crippen LogP contribution in [0, 0.1) is 6.92 Å². The Hall–Kier alpha value is -2.35. The second-order valence-electron chi connectivity index (χ2n) is 5.69. The molecule has 1 fully saturated rings. The molecule has 0 spiro atoms. The molecule has 2 aromatic rings. The maximum Gasteiger partial charge on any atom is 0.259 e. The Morgan fingerprint density at radius 3 is 2.67 bits per heavy atom. The van der Waals surface area contributed by atoms with E-state index in [0.717, 1.165) is 11.5 Å². The third-order valence-electron chi connectivity index (χ3n) is 3.92. The maximum absolute atomic E-state index is 12.7. The third kappa shape index (κ3) is 3.14. The van der Waals surface area contributed by atoms with Gasteiger partial charge in [0.05, 0.1) is 5.39 Å². The summed E-state index contributed by atoms with van der Waals surface area (Å²) in [5.41, 5.74) is 6.07. The van der Waals surface area contributed by atoms with Gasteiger partial charge in [-0.25, -0.2) is 4.98 Å². The van der Waals surface area contributed by atoms with Crippen molar-refractivity contribution >= 4 is 34.6 Å². The Morgan fingerprint density at radius 1 is 1.29 bits per heavy atom. The van der Waals surface area contributed by atoms with Crippen molar-refractivity contribution in [2.45, 2.75) is 13.5 Å². The summed E-state index contributed by atoms with van der Waals surface area (Å²) in [6.07, 6.45) is 1.41. The molecule has 1 aliphatic rings. The van der Waals surface area contributed by atoms with Crippen LogP contribution in [0.1, 0.15) is 16.1 Å². The number of hydrogen-bond donors (Lipinski definition) is 1. The van der Waals surface area contributed by atoms with Gasteiger partial charge in [-0.05, 0) is 19.1 Å². The van der Waals surface area contributed by atoms with Crippen molar-refractivity contribution in [1.29, 1.82) is 0 Å². The SMILES string of the molecule is Cc1ccc2c(=O)c(C(=O)N3CCSCC3)cn(CC(N)=O)c2n1. The summed E-state index contributed by atoms with van der Waals surface area (Å²) in [4.78, 5) is 42.8. The van der Waals surface area contributed by atoms with Crippen LogP contribution < -0.4 is 11.2 Å². The third-order valence-corrected chi connectivity index (χ3v) is 4.86. The molecule has 7 nitrogen and oxygen atoms in total. The van der Waals surface area contributed by atoms with Crippen LogP contribution in [0.15, 0.2) is 23.1 Å². The van der Waals surface area contributed by atoms with Crippen LogP contribution in [0.2, 0.25) is 0 Å². The second-order valence-corrected chi connectivity index (χ2v) is 6.92. The van der Waals surface area contributed by atoms with Crippen LogP contribution in [-0.2, 0) is 11.3 Å². The first-order valence-corrected chi connectivity index (χ1v) is 8.79. The van der Waals surface area contributed by atoms with E-state index in [1.165, 1.54) is 10.8 Å². The largest absolute Gasteiger partial charge is 0.368 e. The van der Waals surface area contributed by atoms with Gasteiger partial charge in [-0.3, -0.25) is 14.4 Å². The van der Waals surface area contributed by atoms with Crippen LogP contribution in [0.4, 0.5) is 0 Å². The quantitative estimate of drug-likeness (QED) is 0.866. The molecule has 126 valence electrons. The summed E-state index contributed by atoms with van der Waals surface area (Å²) in [6.45, 7) is 2.89. The van der Waals surface area contributed by atoms with Crippen molar-refractivity contribution in [3.8, 4) is 0 Å². The van der Waals surface area contributed by atoms with Crippen molar-refractivity contribution in [1.82, 2.24) is 14.5 Å². The molecule has 0 aliphatic carbocycles. The van der Waals surface area contributed by atoms with E-state index in [9.17, 15) is 14.4 Å². The molecule has 24 heavy (non-hydrogen) atoms. The van der Waals surface area contributed by atoms with Crippen molar-refractivity contribution in [3.05, 3.63) is 39.8 Å². The van der Waals surface area contributed by atoms with Crippen molar-refractivity contribution in [3.63, 3.8) is 0 Å². The minimum Gasteiger partial charge on any atom is -0.368 e. The number of carbonyl (C=O) groups excluding carboxylic acids is 2. The van der Waals surface area contributed by atoms with Gasteiger partial charge in [-0.1, -0.05) is 0 Å². The average Bonchev–Trinajstić information content (AvgIpc) is 2.57. The number of pyridine rings is 2. The molecule has 2 N–H and O–H groups in total. The number of aromatic nitrogens is 2. The molecule has 0 bridgehead atoms. The first-order valence-electron chi connectivity index (χ1n) is 7.63. The Kier molecular flexibility index (Phi) is 4.57. The highest BCUT2D eigenvalue weighted by Crippen LogP contribution is 2.15. The van der Waals surface area contributed by atoms with E-state index >= 15 is 0 Å². The molecule has 0 saturated carbocycles. The van der Waals surface area contributed by atoms with Crippen molar-refractivity contribution in [2.24, 2.45) is 5.73 Å². The van der Waals surface area contributed by atoms with Crippen LogP contribution in [0.25, 0.3) is 11.0 Å². The monoisotopic (exact) mass is 346 g/mol. The molecule has 3 heterocycles. The minimum absolute atomic E-state index is 0.0568. The van der Waals surface area contributed by atoms with Crippen LogP contribution >= 0.6 is 11.8 Å². The van der Waals surface area contributed by atoms with Gasteiger partial charge in [-0.15, -0.1) is 0 Å². The Bertz CT molecular complexity index is 871. The molecular formula is C16H18N4O3S. The number of nitrogens with two attached hydrogens (primary N) is 1. The highest BCUT2D eigenvalue weighted by atomic mass is 32.2. The summed E-state index contributed by atoms with van der Waals surface area (Å²) >= 11 is 1.78. The standard InChI is InChI=1S/C16H18N4O3S/c1-10-2-3-11-14(22)12(16(23)19-4-6-24-7-5-19)8-20(9-13(17)21)15(11)18-10/h2-3,8H,4-7,9H2,1H3,(H2,17,21). The zero-order valence-electron chi connectivity index (χ0n) is 13.3. The molecule has 0 radical (unpaired) electrons. The number of rotatable bonds is 3. The summed E-state index contributed by atoms with van der Waals surface area (Å²) < 4.78 is 1.48. The first kappa shape index (κ1) is 16.5. The van der Waals surface area contributed by atoms with Gasteiger partial charge >= 0.3 is 0 Å². The van der Waals surface area contributed by atoms with Gasteiger partial charge < -0.3 is 15.2 Å². The normalized spacial score (nSPS) is 14.8. The van der Waals surface area contributed by atoms with Gasteiger partial charge in [0.25, 0.3) is 5.91 Å².